The minimum absolute atomic E-state index is 0.000101. The molecule has 0 rings (SSSR count). The zero-order valence-electron chi connectivity index (χ0n) is 14.9. The Morgan fingerprint density at radius 3 is 1.95 bits per heavy atom. The number of carbonyl (C=O) groups excluding carboxylic acids is 2. The smallest absolute Gasteiger partial charge is 0.407 e. The summed E-state index contributed by atoms with van der Waals surface area (Å²) in [5.74, 6) is 0. The summed E-state index contributed by atoms with van der Waals surface area (Å²) in [5.41, 5.74) is -0.569. The van der Waals surface area contributed by atoms with Gasteiger partial charge in [-0.25, -0.2) is 4.79 Å². The number of hydrogen-bond acceptors (Lipinski definition) is 4. The zero-order valence-corrected chi connectivity index (χ0v) is 15.9. The highest BCUT2D eigenvalue weighted by Crippen LogP contribution is 2.37. The van der Waals surface area contributed by atoms with Crippen LogP contribution in [0.4, 0.5) is 4.79 Å². The van der Waals surface area contributed by atoms with Crippen LogP contribution in [0.3, 0.4) is 0 Å². The Hall–Kier alpha value is -0.883. The highest BCUT2D eigenvalue weighted by Gasteiger charge is 2.40. The maximum Gasteiger partial charge on any atom is 0.407 e. The van der Waals surface area contributed by atoms with Crippen LogP contribution < -0.4 is 5.32 Å². The highest BCUT2D eigenvalue weighted by molar-refractivity contribution is 6.74. The van der Waals surface area contributed by atoms with E-state index in [0.29, 0.717) is 0 Å². The van der Waals surface area contributed by atoms with Crippen molar-refractivity contribution in [3.05, 3.63) is 0 Å². The topological polar surface area (TPSA) is 64.6 Å². The second kappa shape index (κ2) is 6.92. The summed E-state index contributed by atoms with van der Waals surface area (Å²) >= 11 is 0. The van der Waals surface area contributed by atoms with Gasteiger partial charge in [-0.1, -0.05) is 20.8 Å². The van der Waals surface area contributed by atoms with E-state index in [1.165, 1.54) is 0 Å². The summed E-state index contributed by atoms with van der Waals surface area (Å²) < 4.78 is 11.2. The first-order valence-electron chi connectivity index (χ1n) is 7.32. The quantitative estimate of drug-likeness (QED) is 0.623. The van der Waals surface area contributed by atoms with E-state index in [9.17, 15) is 9.59 Å². The minimum Gasteiger partial charge on any atom is -0.444 e. The van der Waals surface area contributed by atoms with Gasteiger partial charge in [0.2, 0.25) is 0 Å². The van der Waals surface area contributed by atoms with Gasteiger partial charge in [0, 0.05) is 0 Å². The lowest BCUT2D eigenvalue weighted by Gasteiger charge is -2.39. The van der Waals surface area contributed by atoms with Crippen molar-refractivity contribution in [2.75, 3.05) is 0 Å². The van der Waals surface area contributed by atoms with Gasteiger partial charge < -0.3 is 19.3 Å². The summed E-state index contributed by atoms with van der Waals surface area (Å²) in [4.78, 5) is 23.1. The maximum atomic E-state index is 11.8. The third-order valence-corrected chi connectivity index (χ3v) is 8.08. The van der Waals surface area contributed by atoms with Crippen LogP contribution in [0, 0.1) is 0 Å². The van der Waals surface area contributed by atoms with Crippen molar-refractivity contribution in [1.82, 2.24) is 5.32 Å². The molecule has 6 heteroatoms. The van der Waals surface area contributed by atoms with Gasteiger partial charge in [-0.3, -0.25) is 0 Å². The maximum absolute atomic E-state index is 11.8. The lowest BCUT2D eigenvalue weighted by molar-refractivity contribution is -0.115. The van der Waals surface area contributed by atoms with Crippen molar-refractivity contribution in [2.24, 2.45) is 0 Å². The van der Waals surface area contributed by atoms with Gasteiger partial charge in [0.15, 0.2) is 8.32 Å². The Labute approximate surface area is 129 Å². The standard InChI is InChI=1S/C15H31NO4Si/c1-11(16-13(18)19-14(2,3)4)12(10-17)20-21(8,9)15(5,6)7/h10-12H,1-9H3,(H,16,18)/t11-,12+/m0/s1. The SMILES string of the molecule is C[C@H](NC(=O)OC(C)(C)C)[C@@H](C=O)O[Si](C)(C)C(C)(C)C. The third kappa shape index (κ3) is 7.08. The molecular weight excluding hydrogens is 286 g/mol. The summed E-state index contributed by atoms with van der Waals surface area (Å²) in [7, 11) is -2.07. The van der Waals surface area contributed by atoms with Crippen molar-refractivity contribution in [2.45, 2.75) is 84.3 Å². The number of alkyl carbamates (subject to hydrolysis) is 1. The van der Waals surface area contributed by atoms with Crippen molar-refractivity contribution >= 4 is 20.7 Å². The van der Waals surface area contributed by atoms with E-state index in [1.807, 2.05) is 0 Å². The molecule has 124 valence electrons. The average Bonchev–Trinajstić information content (AvgIpc) is 2.20. The number of ether oxygens (including phenoxy) is 1. The molecule has 0 saturated carbocycles. The summed E-state index contributed by atoms with van der Waals surface area (Å²) in [6, 6.07) is -0.438. The molecule has 21 heavy (non-hydrogen) atoms. The largest absolute Gasteiger partial charge is 0.444 e. The molecule has 0 saturated heterocycles. The molecule has 0 radical (unpaired) electrons. The van der Waals surface area contributed by atoms with Crippen molar-refractivity contribution in [3.8, 4) is 0 Å². The van der Waals surface area contributed by atoms with Gasteiger partial charge in [-0.2, -0.15) is 0 Å². The van der Waals surface area contributed by atoms with E-state index in [2.05, 4.69) is 39.2 Å². The van der Waals surface area contributed by atoms with Crippen molar-refractivity contribution in [1.29, 1.82) is 0 Å². The van der Waals surface area contributed by atoms with Crippen LogP contribution in [0.5, 0.6) is 0 Å². The van der Waals surface area contributed by atoms with Crippen LogP contribution in [0.15, 0.2) is 0 Å². The lowest BCUT2D eigenvalue weighted by atomic mass is 10.2. The summed E-state index contributed by atoms with van der Waals surface area (Å²) in [6.07, 6.45) is -0.457. The number of rotatable bonds is 5. The molecule has 0 aliphatic heterocycles. The number of hydrogen-bond donors (Lipinski definition) is 1. The molecule has 0 fully saturated rings. The van der Waals surface area contributed by atoms with Crippen LogP contribution in [-0.2, 0) is 14.0 Å². The molecule has 1 amide bonds. The first-order chi connectivity index (χ1) is 9.19. The van der Waals surface area contributed by atoms with Crippen LogP contribution >= 0.6 is 0 Å². The Balaban J connectivity index is 4.75. The summed E-state index contributed by atoms with van der Waals surface area (Å²) in [5, 5.41) is 2.67. The molecule has 1 N–H and O–H groups in total. The molecule has 0 unspecified atom stereocenters. The van der Waals surface area contributed by atoms with Gasteiger partial charge in [0.05, 0.1) is 6.04 Å². The lowest BCUT2D eigenvalue weighted by Crippen LogP contribution is -2.52. The molecule has 0 aliphatic carbocycles. The molecule has 0 heterocycles. The second-order valence-electron chi connectivity index (χ2n) is 7.91. The Bertz CT molecular complexity index is 369. The van der Waals surface area contributed by atoms with Crippen LogP contribution in [0.1, 0.15) is 48.5 Å². The van der Waals surface area contributed by atoms with Crippen LogP contribution in [-0.4, -0.2) is 38.4 Å². The molecular formula is C15H31NO4Si. The third-order valence-electron chi connectivity index (χ3n) is 3.61. The number of nitrogens with one attached hydrogen (secondary N) is 1. The highest BCUT2D eigenvalue weighted by atomic mass is 28.4. The number of aldehydes is 1. The predicted molar refractivity (Wildman–Crippen MR) is 87.0 cm³/mol. The zero-order chi connectivity index (χ0) is 17.1. The average molecular weight is 318 g/mol. The molecule has 0 aromatic carbocycles. The number of amides is 1. The molecule has 5 nitrogen and oxygen atoms in total. The number of carbonyl (C=O) groups is 2. The predicted octanol–water partition coefficient (Wildman–Crippen LogP) is 3.49. The van der Waals surface area contributed by atoms with Gasteiger partial charge in [0.25, 0.3) is 0 Å². The van der Waals surface area contributed by atoms with Crippen LogP contribution in [0.2, 0.25) is 18.1 Å². The second-order valence-corrected chi connectivity index (χ2v) is 12.7. The molecule has 0 aliphatic rings. The first kappa shape index (κ1) is 20.1. The molecule has 0 aromatic heterocycles. The van der Waals surface area contributed by atoms with Gasteiger partial charge >= 0.3 is 6.09 Å². The fraction of sp³-hybridized carbons (Fsp3) is 0.867. The van der Waals surface area contributed by atoms with Crippen LogP contribution in [0.25, 0.3) is 0 Å². The Morgan fingerprint density at radius 2 is 1.62 bits per heavy atom. The van der Waals surface area contributed by atoms with E-state index in [1.54, 1.807) is 27.7 Å². The normalized spacial score (nSPS) is 16.0. The summed E-state index contributed by atoms with van der Waals surface area (Å²) in [6.45, 7) is 17.6. The fourth-order valence-electron chi connectivity index (χ4n) is 1.34. The van der Waals surface area contributed by atoms with E-state index in [4.69, 9.17) is 9.16 Å². The van der Waals surface area contributed by atoms with E-state index in [0.717, 1.165) is 6.29 Å². The van der Waals surface area contributed by atoms with Gasteiger partial charge in [-0.05, 0) is 45.8 Å². The van der Waals surface area contributed by atoms with E-state index >= 15 is 0 Å². The Kier molecular flexibility index (Phi) is 6.63. The van der Waals surface area contributed by atoms with Crippen molar-refractivity contribution in [3.63, 3.8) is 0 Å². The van der Waals surface area contributed by atoms with E-state index < -0.39 is 32.2 Å². The van der Waals surface area contributed by atoms with Gasteiger partial charge in [0.1, 0.15) is 18.0 Å². The molecule has 0 spiro atoms. The fourth-order valence-corrected chi connectivity index (χ4v) is 2.63. The van der Waals surface area contributed by atoms with E-state index in [-0.39, 0.29) is 5.04 Å². The van der Waals surface area contributed by atoms with Crippen molar-refractivity contribution < 1.29 is 18.8 Å². The molecule has 0 bridgehead atoms. The monoisotopic (exact) mass is 317 g/mol. The minimum atomic E-state index is -2.07. The first-order valence-corrected chi connectivity index (χ1v) is 10.2. The molecule has 0 aromatic rings. The Morgan fingerprint density at radius 1 is 1.14 bits per heavy atom. The molecule has 2 atom stereocenters. The van der Waals surface area contributed by atoms with Gasteiger partial charge in [-0.15, -0.1) is 0 Å².